The summed E-state index contributed by atoms with van der Waals surface area (Å²) in [5.74, 6) is 0. The summed E-state index contributed by atoms with van der Waals surface area (Å²) in [6.45, 7) is 13.0. The van der Waals surface area contributed by atoms with Crippen molar-refractivity contribution < 1.29 is 0 Å². The molecule has 2 nitrogen and oxygen atoms in total. The van der Waals surface area contributed by atoms with Crippen LogP contribution in [-0.4, -0.2) is 22.5 Å². The van der Waals surface area contributed by atoms with Gasteiger partial charge < -0.3 is 5.73 Å². The lowest BCUT2D eigenvalue weighted by Crippen LogP contribution is -2.33. The molecule has 3 heteroatoms. The van der Waals surface area contributed by atoms with E-state index in [1.807, 2.05) is 0 Å². The summed E-state index contributed by atoms with van der Waals surface area (Å²) < 4.78 is 0. The summed E-state index contributed by atoms with van der Waals surface area (Å²) in [6, 6.07) is 9.43. The van der Waals surface area contributed by atoms with Crippen LogP contribution in [0.15, 0.2) is 24.3 Å². The standard InChI is InChI=1S/C17H28N2S/c1-13(2)19(11-10-16(18)20)12-14-6-8-15(9-7-14)17(3,4)5/h6-9,13H,10-12H2,1-5H3,(H2,18,20). The van der Waals surface area contributed by atoms with Crippen LogP contribution in [-0.2, 0) is 12.0 Å². The molecule has 0 aliphatic carbocycles. The van der Waals surface area contributed by atoms with Crippen molar-refractivity contribution in [3.05, 3.63) is 35.4 Å². The molecule has 0 atom stereocenters. The van der Waals surface area contributed by atoms with Crippen LogP contribution in [0, 0.1) is 0 Å². The molecule has 0 bridgehead atoms. The number of nitrogens with two attached hydrogens (primary N) is 1. The SMILES string of the molecule is CC(C)N(CCC(N)=S)Cc1ccc(C(C)(C)C)cc1. The minimum Gasteiger partial charge on any atom is -0.393 e. The third kappa shape index (κ3) is 5.59. The second-order valence-electron chi connectivity index (χ2n) is 6.73. The fourth-order valence-electron chi connectivity index (χ4n) is 2.12. The van der Waals surface area contributed by atoms with Crippen molar-refractivity contribution >= 4 is 17.2 Å². The maximum Gasteiger partial charge on any atom is 0.0740 e. The number of nitrogens with zero attached hydrogens (tertiary/aromatic N) is 1. The van der Waals surface area contributed by atoms with Gasteiger partial charge in [0.15, 0.2) is 0 Å². The Morgan fingerprint density at radius 1 is 1.20 bits per heavy atom. The van der Waals surface area contributed by atoms with Crippen LogP contribution >= 0.6 is 12.2 Å². The number of rotatable bonds is 6. The van der Waals surface area contributed by atoms with Gasteiger partial charge in [0.25, 0.3) is 0 Å². The van der Waals surface area contributed by atoms with Crippen molar-refractivity contribution in [1.82, 2.24) is 4.90 Å². The van der Waals surface area contributed by atoms with Gasteiger partial charge in [0, 0.05) is 25.6 Å². The molecule has 112 valence electrons. The molecule has 1 aromatic carbocycles. The van der Waals surface area contributed by atoms with E-state index in [1.54, 1.807) is 0 Å². The molecule has 0 fully saturated rings. The Bertz CT molecular complexity index is 429. The largest absolute Gasteiger partial charge is 0.393 e. The van der Waals surface area contributed by atoms with E-state index in [0.29, 0.717) is 11.0 Å². The van der Waals surface area contributed by atoms with Gasteiger partial charge in [-0.15, -0.1) is 0 Å². The van der Waals surface area contributed by atoms with Gasteiger partial charge in [-0.2, -0.15) is 0 Å². The molecule has 2 N–H and O–H groups in total. The molecule has 0 amide bonds. The van der Waals surface area contributed by atoms with E-state index in [1.165, 1.54) is 11.1 Å². The first-order valence-electron chi connectivity index (χ1n) is 7.32. The van der Waals surface area contributed by atoms with Gasteiger partial charge in [0.05, 0.1) is 4.99 Å². The van der Waals surface area contributed by atoms with Crippen molar-refractivity contribution in [3.63, 3.8) is 0 Å². The lowest BCUT2D eigenvalue weighted by Gasteiger charge is -2.27. The molecule has 1 aromatic rings. The molecular weight excluding hydrogens is 264 g/mol. The third-order valence-electron chi connectivity index (χ3n) is 3.58. The second kappa shape index (κ2) is 7.19. The van der Waals surface area contributed by atoms with Crippen LogP contribution in [0.25, 0.3) is 0 Å². The zero-order valence-corrected chi connectivity index (χ0v) is 14.3. The molecule has 0 heterocycles. The van der Waals surface area contributed by atoms with Crippen molar-refractivity contribution in [2.45, 2.75) is 59.0 Å². The molecule has 0 unspecified atom stereocenters. The first-order valence-corrected chi connectivity index (χ1v) is 7.72. The van der Waals surface area contributed by atoms with Crippen LogP contribution < -0.4 is 5.73 Å². The third-order valence-corrected chi connectivity index (χ3v) is 3.79. The summed E-state index contributed by atoms with van der Waals surface area (Å²) in [7, 11) is 0. The lowest BCUT2D eigenvalue weighted by atomic mass is 9.87. The minimum atomic E-state index is 0.210. The van der Waals surface area contributed by atoms with Crippen LogP contribution in [0.3, 0.4) is 0 Å². The van der Waals surface area contributed by atoms with Gasteiger partial charge in [0.2, 0.25) is 0 Å². The zero-order valence-electron chi connectivity index (χ0n) is 13.4. The van der Waals surface area contributed by atoms with Gasteiger partial charge in [-0.05, 0) is 30.4 Å². The predicted octanol–water partition coefficient (Wildman–Crippen LogP) is 3.87. The molecule has 0 aromatic heterocycles. The number of benzene rings is 1. The van der Waals surface area contributed by atoms with E-state index in [-0.39, 0.29) is 5.41 Å². The van der Waals surface area contributed by atoms with Gasteiger partial charge in [-0.3, -0.25) is 4.90 Å². The average Bonchev–Trinajstić information content (AvgIpc) is 2.33. The second-order valence-corrected chi connectivity index (χ2v) is 7.25. The minimum absolute atomic E-state index is 0.210. The first kappa shape index (κ1) is 17.1. The highest BCUT2D eigenvalue weighted by molar-refractivity contribution is 7.80. The van der Waals surface area contributed by atoms with Crippen LogP contribution in [0.2, 0.25) is 0 Å². The monoisotopic (exact) mass is 292 g/mol. The van der Waals surface area contributed by atoms with Gasteiger partial charge in [-0.1, -0.05) is 57.3 Å². The highest BCUT2D eigenvalue weighted by Gasteiger charge is 2.14. The summed E-state index contributed by atoms with van der Waals surface area (Å²) >= 11 is 4.97. The number of thiocarbonyl (C=S) groups is 1. The van der Waals surface area contributed by atoms with E-state index in [2.05, 4.69) is 63.8 Å². The Morgan fingerprint density at radius 2 is 1.75 bits per heavy atom. The zero-order chi connectivity index (χ0) is 15.3. The molecular formula is C17H28N2S. The van der Waals surface area contributed by atoms with Crippen LogP contribution in [0.1, 0.15) is 52.2 Å². The summed E-state index contributed by atoms with van der Waals surface area (Å²) in [5.41, 5.74) is 8.53. The van der Waals surface area contributed by atoms with Crippen molar-refractivity contribution in [1.29, 1.82) is 0 Å². The van der Waals surface area contributed by atoms with E-state index in [0.717, 1.165) is 19.5 Å². The van der Waals surface area contributed by atoms with Crippen molar-refractivity contribution in [2.75, 3.05) is 6.54 Å². The Morgan fingerprint density at radius 3 is 2.15 bits per heavy atom. The summed E-state index contributed by atoms with van der Waals surface area (Å²) in [4.78, 5) is 3.00. The van der Waals surface area contributed by atoms with Gasteiger partial charge in [-0.25, -0.2) is 0 Å². The first-order chi connectivity index (χ1) is 9.20. The van der Waals surface area contributed by atoms with E-state index >= 15 is 0 Å². The highest BCUT2D eigenvalue weighted by atomic mass is 32.1. The Balaban J connectivity index is 2.71. The Kier molecular flexibility index (Phi) is 6.15. The van der Waals surface area contributed by atoms with Crippen molar-refractivity contribution in [3.8, 4) is 0 Å². The van der Waals surface area contributed by atoms with Crippen LogP contribution in [0.4, 0.5) is 0 Å². The molecule has 0 saturated heterocycles. The molecule has 1 rings (SSSR count). The Labute approximate surface area is 129 Å². The normalized spacial score (nSPS) is 12.2. The number of hydrogen-bond donors (Lipinski definition) is 1. The summed E-state index contributed by atoms with van der Waals surface area (Å²) in [5, 5.41) is 0. The molecule has 0 spiro atoms. The fraction of sp³-hybridized carbons (Fsp3) is 0.588. The Hall–Kier alpha value is -0.930. The molecule has 20 heavy (non-hydrogen) atoms. The smallest absolute Gasteiger partial charge is 0.0740 e. The fourth-order valence-corrected chi connectivity index (χ4v) is 2.21. The topological polar surface area (TPSA) is 29.3 Å². The molecule has 0 radical (unpaired) electrons. The van der Waals surface area contributed by atoms with E-state index in [9.17, 15) is 0 Å². The molecule has 0 saturated carbocycles. The van der Waals surface area contributed by atoms with E-state index < -0.39 is 0 Å². The molecule has 0 aliphatic heterocycles. The maximum atomic E-state index is 5.61. The maximum absolute atomic E-state index is 5.61. The number of hydrogen-bond acceptors (Lipinski definition) is 2. The highest BCUT2D eigenvalue weighted by Crippen LogP contribution is 2.22. The van der Waals surface area contributed by atoms with Gasteiger partial charge in [0.1, 0.15) is 0 Å². The van der Waals surface area contributed by atoms with E-state index in [4.69, 9.17) is 18.0 Å². The average molecular weight is 292 g/mol. The molecule has 0 aliphatic rings. The van der Waals surface area contributed by atoms with Gasteiger partial charge >= 0.3 is 0 Å². The summed E-state index contributed by atoms with van der Waals surface area (Å²) in [6.07, 6.45) is 0.785. The van der Waals surface area contributed by atoms with Crippen molar-refractivity contribution in [2.24, 2.45) is 5.73 Å². The van der Waals surface area contributed by atoms with Crippen LogP contribution in [0.5, 0.6) is 0 Å². The predicted molar refractivity (Wildman–Crippen MR) is 92.1 cm³/mol. The quantitative estimate of drug-likeness (QED) is 0.807. The lowest BCUT2D eigenvalue weighted by molar-refractivity contribution is 0.219.